The van der Waals surface area contributed by atoms with Gasteiger partial charge in [0, 0.05) is 0 Å². The largest absolute Gasteiger partial charge is 0.484 e. The molecule has 0 fully saturated rings. The van der Waals surface area contributed by atoms with Gasteiger partial charge in [-0.1, -0.05) is 28.7 Å². The minimum atomic E-state index is -2.49. The zero-order valence-electron chi connectivity index (χ0n) is 12.1. The molecule has 0 bridgehead atoms. The number of nitrogens with two attached hydrogens (primary N) is 1. The molecule has 0 atom stereocenters. The van der Waals surface area contributed by atoms with Crippen LogP contribution in [0.25, 0.3) is 0 Å². The molecule has 0 spiro atoms. The van der Waals surface area contributed by atoms with Gasteiger partial charge in [-0.3, -0.25) is 10.2 Å². The van der Waals surface area contributed by atoms with Gasteiger partial charge in [0.25, 0.3) is 5.91 Å². The highest BCUT2D eigenvalue weighted by molar-refractivity contribution is 7.61. The lowest BCUT2D eigenvalue weighted by atomic mass is 10.0. The van der Waals surface area contributed by atoms with E-state index in [4.69, 9.17) is 10.5 Å². The van der Waals surface area contributed by atoms with Gasteiger partial charge < -0.3 is 10.5 Å². The topological polar surface area (TPSA) is 111 Å². The SMILES string of the molecule is NC(=O)COc1ccc(Cc2ccc(NN=S(=O)=O)cc2)cc1. The van der Waals surface area contributed by atoms with Gasteiger partial charge in [-0.15, -0.1) is 0 Å². The summed E-state index contributed by atoms with van der Waals surface area (Å²) in [6.07, 6.45) is 0.709. The van der Waals surface area contributed by atoms with E-state index in [1.807, 2.05) is 24.3 Å². The predicted molar refractivity (Wildman–Crippen MR) is 85.3 cm³/mol. The number of hydrogen-bond acceptors (Lipinski definition) is 5. The highest BCUT2D eigenvalue weighted by Crippen LogP contribution is 2.17. The number of primary amides is 1. The van der Waals surface area contributed by atoms with Crippen LogP contribution in [-0.4, -0.2) is 20.9 Å². The fourth-order valence-corrected chi connectivity index (χ4v) is 2.06. The Kier molecular flexibility index (Phi) is 5.70. The fourth-order valence-electron chi connectivity index (χ4n) is 1.88. The maximum atomic E-state index is 10.6. The van der Waals surface area contributed by atoms with Gasteiger partial charge in [-0.25, -0.2) is 0 Å². The maximum Gasteiger partial charge on any atom is 0.332 e. The van der Waals surface area contributed by atoms with Gasteiger partial charge in [0.1, 0.15) is 5.75 Å². The van der Waals surface area contributed by atoms with Gasteiger partial charge in [-0.2, -0.15) is 8.42 Å². The van der Waals surface area contributed by atoms with Crippen LogP contribution in [0.2, 0.25) is 0 Å². The lowest BCUT2D eigenvalue weighted by Gasteiger charge is -2.06. The number of nitrogens with one attached hydrogen (secondary N) is 1. The van der Waals surface area contributed by atoms with Crippen molar-refractivity contribution in [2.24, 2.45) is 10.2 Å². The molecule has 0 aromatic heterocycles. The Hall–Kier alpha value is -2.87. The van der Waals surface area contributed by atoms with E-state index in [1.165, 1.54) is 0 Å². The van der Waals surface area contributed by atoms with Crippen LogP contribution in [-0.2, 0) is 21.7 Å². The molecule has 2 aromatic rings. The third-order valence-corrected chi connectivity index (χ3v) is 3.16. The molecule has 0 unspecified atom stereocenters. The highest BCUT2D eigenvalue weighted by Gasteiger charge is 2.00. The second-order valence-electron chi connectivity index (χ2n) is 4.69. The van der Waals surface area contributed by atoms with Crippen molar-refractivity contribution in [2.75, 3.05) is 12.0 Å². The van der Waals surface area contributed by atoms with Crippen LogP contribution >= 0.6 is 0 Å². The smallest absolute Gasteiger partial charge is 0.332 e. The summed E-state index contributed by atoms with van der Waals surface area (Å²) in [6, 6.07) is 14.6. The number of anilines is 1. The van der Waals surface area contributed by atoms with Crippen molar-refractivity contribution in [1.82, 2.24) is 0 Å². The molecule has 23 heavy (non-hydrogen) atoms. The van der Waals surface area contributed by atoms with Gasteiger partial charge in [0.05, 0.1) is 5.69 Å². The molecular weight excluding hydrogens is 318 g/mol. The molecule has 0 saturated carbocycles. The molecular formula is C15H15N3O4S. The second kappa shape index (κ2) is 7.95. The van der Waals surface area contributed by atoms with E-state index >= 15 is 0 Å². The van der Waals surface area contributed by atoms with Gasteiger partial charge in [0.2, 0.25) is 0 Å². The fraction of sp³-hybridized carbons (Fsp3) is 0.133. The summed E-state index contributed by atoms with van der Waals surface area (Å²) >= 11 is 0. The van der Waals surface area contributed by atoms with E-state index < -0.39 is 16.4 Å². The minimum absolute atomic E-state index is 0.146. The molecule has 2 rings (SSSR count). The number of hydrogen-bond donors (Lipinski definition) is 2. The van der Waals surface area contributed by atoms with E-state index in [0.29, 0.717) is 17.9 Å². The molecule has 0 aliphatic rings. The first-order chi connectivity index (χ1) is 11.0. The number of amides is 1. The van der Waals surface area contributed by atoms with Crippen LogP contribution in [0.1, 0.15) is 11.1 Å². The van der Waals surface area contributed by atoms with Crippen LogP contribution in [0.5, 0.6) is 5.75 Å². The number of nitrogens with zero attached hydrogens (tertiary/aromatic N) is 1. The zero-order valence-corrected chi connectivity index (χ0v) is 12.9. The first-order valence-corrected chi connectivity index (χ1v) is 7.71. The summed E-state index contributed by atoms with van der Waals surface area (Å²) in [5.74, 6) is 0.0645. The van der Waals surface area contributed by atoms with E-state index in [9.17, 15) is 13.2 Å². The van der Waals surface area contributed by atoms with Crippen molar-refractivity contribution in [3.05, 3.63) is 59.7 Å². The second-order valence-corrected chi connectivity index (χ2v) is 5.31. The monoisotopic (exact) mass is 333 g/mol. The molecule has 0 saturated heterocycles. The summed E-state index contributed by atoms with van der Waals surface area (Å²) < 4.78 is 29.0. The Morgan fingerprint density at radius 3 is 2.13 bits per heavy atom. The van der Waals surface area contributed by atoms with Crippen LogP contribution in [0.4, 0.5) is 5.69 Å². The molecule has 0 heterocycles. The number of carbonyl (C=O) groups excluding carboxylic acids is 1. The lowest BCUT2D eigenvalue weighted by molar-refractivity contribution is -0.119. The van der Waals surface area contributed by atoms with E-state index in [1.54, 1.807) is 24.3 Å². The molecule has 0 aliphatic carbocycles. The van der Waals surface area contributed by atoms with Crippen molar-refractivity contribution >= 4 is 22.1 Å². The molecule has 7 nitrogen and oxygen atoms in total. The van der Waals surface area contributed by atoms with Crippen LogP contribution in [0.15, 0.2) is 53.0 Å². The molecule has 3 N–H and O–H groups in total. The van der Waals surface area contributed by atoms with Crippen molar-refractivity contribution in [1.29, 1.82) is 0 Å². The van der Waals surface area contributed by atoms with Crippen LogP contribution in [0, 0.1) is 0 Å². The van der Waals surface area contributed by atoms with Gasteiger partial charge in [-0.05, 0) is 41.8 Å². The standard InChI is InChI=1S/C15H15N3O4S/c16-15(19)10-22-14-7-3-12(4-8-14)9-11-1-5-13(6-2-11)17-18-23(20)21/h1-8,17H,9-10H2,(H2,16,19). The van der Waals surface area contributed by atoms with Gasteiger partial charge >= 0.3 is 10.5 Å². The number of rotatable bonds is 7. The predicted octanol–water partition coefficient (Wildman–Crippen LogP) is 1.53. The van der Waals surface area contributed by atoms with Gasteiger partial charge in [0.15, 0.2) is 6.61 Å². The Bertz CT molecular complexity index is 792. The van der Waals surface area contributed by atoms with Crippen molar-refractivity contribution in [2.45, 2.75) is 6.42 Å². The van der Waals surface area contributed by atoms with E-state index in [0.717, 1.165) is 11.1 Å². The summed E-state index contributed by atoms with van der Waals surface area (Å²) in [5, 5.41) is 0. The molecule has 120 valence electrons. The van der Waals surface area contributed by atoms with Crippen LogP contribution in [0.3, 0.4) is 0 Å². The molecule has 8 heteroatoms. The Labute approximate surface area is 134 Å². The molecule has 1 amide bonds. The normalized spacial score (nSPS) is 9.91. The Balaban J connectivity index is 1.96. The molecule has 0 aliphatic heterocycles. The number of ether oxygens (including phenoxy) is 1. The first kappa shape index (κ1) is 16.5. The molecule has 0 radical (unpaired) electrons. The summed E-state index contributed by atoms with van der Waals surface area (Å²) in [6.45, 7) is -0.146. The van der Waals surface area contributed by atoms with Crippen molar-refractivity contribution in [3.8, 4) is 5.75 Å². The lowest BCUT2D eigenvalue weighted by Crippen LogP contribution is -2.19. The zero-order chi connectivity index (χ0) is 16.7. The summed E-state index contributed by atoms with van der Waals surface area (Å²) in [5.41, 5.74) is 10.2. The summed E-state index contributed by atoms with van der Waals surface area (Å²) in [7, 11) is -2.49. The third kappa shape index (κ3) is 5.79. The van der Waals surface area contributed by atoms with E-state index in [2.05, 4.69) is 9.90 Å². The van der Waals surface area contributed by atoms with Crippen LogP contribution < -0.4 is 15.9 Å². The maximum absolute atomic E-state index is 10.6. The quantitative estimate of drug-likeness (QED) is 0.747. The number of benzene rings is 2. The molecule has 2 aromatic carbocycles. The number of carbonyl (C=O) groups is 1. The minimum Gasteiger partial charge on any atom is -0.484 e. The van der Waals surface area contributed by atoms with Crippen molar-refractivity contribution < 1.29 is 17.9 Å². The average Bonchev–Trinajstić information content (AvgIpc) is 2.53. The third-order valence-electron chi connectivity index (χ3n) is 2.92. The Morgan fingerprint density at radius 2 is 1.61 bits per heavy atom. The average molecular weight is 333 g/mol. The first-order valence-electron chi connectivity index (χ1n) is 6.68. The van der Waals surface area contributed by atoms with E-state index in [-0.39, 0.29) is 6.61 Å². The highest BCUT2D eigenvalue weighted by atomic mass is 32.2. The summed E-state index contributed by atoms with van der Waals surface area (Å²) in [4.78, 5) is 10.6. The van der Waals surface area contributed by atoms with Crippen molar-refractivity contribution in [3.63, 3.8) is 0 Å². The Morgan fingerprint density at radius 1 is 1.04 bits per heavy atom.